The molecule has 1 atom stereocenters. The molecule has 26 heavy (non-hydrogen) atoms. The number of hydrogen-bond donors (Lipinski definition) is 1. The highest BCUT2D eigenvalue weighted by Crippen LogP contribution is 2.22. The van der Waals surface area contributed by atoms with Crippen molar-refractivity contribution in [2.45, 2.75) is 13.0 Å². The lowest BCUT2D eigenvalue weighted by atomic mass is 10.1. The van der Waals surface area contributed by atoms with Gasteiger partial charge in [-0.05, 0) is 54.5 Å². The van der Waals surface area contributed by atoms with Crippen molar-refractivity contribution in [1.82, 2.24) is 20.1 Å². The summed E-state index contributed by atoms with van der Waals surface area (Å²) in [6.07, 6.45) is 6.20. The van der Waals surface area contributed by atoms with E-state index in [-0.39, 0.29) is 11.9 Å². The summed E-state index contributed by atoms with van der Waals surface area (Å²) in [6.45, 7) is 1.92. The van der Waals surface area contributed by atoms with Gasteiger partial charge in [0.2, 0.25) is 5.91 Å². The van der Waals surface area contributed by atoms with Crippen LogP contribution in [-0.2, 0) is 4.79 Å². The molecule has 1 N–H and O–H groups in total. The van der Waals surface area contributed by atoms with E-state index in [9.17, 15) is 4.79 Å². The summed E-state index contributed by atoms with van der Waals surface area (Å²) in [4.78, 5) is 16.1. The number of amides is 1. The number of hydrogen-bond acceptors (Lipinski definition) is 3. The minimum atomic E-state index is -0.214. The molecule has 132 valence electrons. The maximum Gasteiger partial charge on any atom is 0.244 e. The van der Waals surface area contributed by atoms with Crippen molar-refractivity contribution in [2.24, 2.45) is 0 Å². The number of carbonyl (C=O) groups is 1. The van der Waals surface area contributed by atoms with Gasteiger partial charge >= 0.3 is 0 Å². The van der Waals surface area contributed by atoms with Gasteiger partial charge in [-0.2, -0.15) is 5.10 Å². The van der Waals surface area contributed by atoms with E-state index in [2.05, 4.69) is 15.4 Å². The monoisotopic (exact) mass is 386 g/mol. The molecule has 5 nitrogen and oxygen atoms in total. The number of benzene rings is 2. The van der Waals surface area contributed by atoms with Crippen LogP contribution in [0.15, 0.2) is 61.2 Å². The third-order valence-electron chi connectivity index (χ3n) is 3.81. The van der Waals surface area contributed by atoms with E-state index in [1.807, 2.05) is 31.2 Å². The fraction of sp³-hybridized carbons (Fsp3) is 0.105. The van der Waals surface area contributed by atoms with Crippen LogP contribution in [-0.4, -0.2) is 20.7 Å². The first-order valence-corrected chi connectivity index (χ1v) is 8.67. The Morgan fingerprint density at radius 2 is 1.96 bits per heavy atom. The molecule has 0 saturated heterocycles. The molecule has 0 fully saturated rings. The van der Waals surface area contributed by atoms with E-state index in [0.717, 1.165) is 11.3 Å². The molecule has 0 radical (unpaired) electrons. The molecule has 0 saturated carbocycles. The first-order valence-electron chi connectivity index (χ1n) is 7.91. The lowest BCUT2D eigenvalue weighted by Gasteiger charge is -2.13. The number of rotatable bonds is 5. The Balaban J connectivity index is 1.63. The average Bonchev–Trinajstić information content (AvgIpc) is 3.17. The van der Waals surface area contributed by atoms with Crippen LogP contribution in [0.25, 0.3) is 11.8 Å². The molecule has 1 unspecified atom stereocenters. The Morgan fingerprint density at radius 1 is 1.19 bits per heavy atom. The molecular formula is C19H16Cl2N4O. The highest BCUT2D eigenvalue weighted by atomic mass is 35.5. The minimum Gasteiger partial charge on any atom is -0.346 e. The van der Waals surface area contributed by atoms with E-state index in [0.29, 0.717) is 15.6 Å². The summed E-state index contributed by atoms with van der Waals surface area (Å²) in [5, 5.41) is 8.10. The van der Waals surface area contributed by atoms with Crippen molar-refractivity contribution in [3.05, 3.63) is 82.4 Å². The Labute approximate surface area is 161 Å². The van der Waals surface area contributed by atoms with Gasteiger partial charge < -0.3 is 5.32 Å². The number of nitrogens with zero attached hydrogens (tertiary/aromatic N) is 3. The normalized spacial score (nSPS) is 12.3. The van der Waals surface area contributed by atoms with Gasteiger partial charge in [0.15, 0.2) is 0 Å². The van der Waals surface area contributed by atoms with Crippen molar-refractivity contribution in [1.29, 1.82) is 0 Å². The zero-order valence-corrected chi connectivity index (χ0v) is 15.4. The van der Waals surface area contributed by atoms with E-state index < -0.39 is 0 Å². The van der Waals surface area contributed by atoms with Gasteiger partial charge in [0.05, 0.1) is 11.7 Å². The van der Waals surface area contributed by atoms with Gasteiger partial charge in [-0.25, -0.2) is 9.67 Å². The molecule has 0 aliphatic rings. The van der Waals surface area contributed by atoms with E-state index >= 15 is 0 Å². The van der Waals surface area contributed by atoms with Gasteiger partial charge in [-0.1, -0.05) is 35.3 Å². The SMILES string of the molecule is CC(NC(=O)/C=C/c1cc(Cl)ccc1Cl)c1ccc(-n2cncn2)cc1. The topological polar surface area (TPSA) is 59.8 Å². The zero-order valence-electron chi connectivity index (χ0n) is 13.9. The van der Waals surface area contributed by atoms with Gasteiger partial charge in [0.25, 0.3) is 0 Å². The van der Waals surface area contributed by atoms with Gasteiger partial charge in [-0.15, -0.1) is 0 Å². The van der Waals surface area contributed by atoms with Crippen molar-refractivity contribution >= 4 is 35.2 Å². The largest absolute Gasteiger partial charge is 0.346 e. The Bertz CT molecular complexity index is 921. The maximum absolute atomic E-state index is 12.2. The van der Waals surface area contributed by atoms with Crippen molar-refractivity contribution in [3.8, 4) is 5.69 Å². The highest BCUT2D eigenvalue weighted by Gasteiger charge is 2.08. The predicted octanol–water partition coefficient (Wildman–Crippen LogP) is 4.46. The number of halogens is 2. The predicted molar refractivity (Wildman–Crippen MR) is 103 cm³/mol. The third kappa shape index (κ3) is 4.50. The molecule has 1 amide bonds. The summed E-state index contributed by atoms with van der Waals surface area (Å²) in [7, 11) is 0. The summed E-state index contributed by atoms with van der Waals surface area (Å²) < 4.78 is 1.67. The number of aromatic nitrogens is 3. The summed E-state index contributed by atoms with van der Waals surface area (Å²) >= 11 is 12.0. The summed E-state index contributed by atoms with van der Waals surface area (Å²) in [5.74, 6) is -0.214. The number of nitrogens with one attached hydrogen (secondary N) is 1. The van der Waals surface area contributed by atoms with E-state index in [1.165, 1.54) is 12.4 Å². The molecule has 0 bridgehead atoms. The lowest BCUT2D eigenvalue weighted by molar-refractivity contribution is -0.117. The molecule has 2 aromatic carbocycles. The van der Waals surface area contributed by atoms with Crippen molar-refractivity contribution in [2.75, 3.05) is 0 Å². The molecule has 1 aromatic heterocycles. The van der Waals surface area contributed by atoms with Crippen LogP contribution < -0.4 is 5.32 Å². The lowest BCUT2D eigenvalue weighted by Crippen LogP contribution is -2.24. The first kappa shape index (κ1) is 18.2. The molecule has 3 rings (SSSR count). The van der Waals surface area contributed by atoms with Crippen LogP contribution in [0.1, 0.15) is 24.1 Å². The second kappa shape index (κ2) is 8.17. The standard InChI is InChI=1S/C19H16Cl2N4O/c1-13(14-2-6-17(7-3-14)25-12-22-11-23-25)24-19(26)9-4-15-10-16(20)5-8-18(15)21/h2-13H,1H3,(H,24,26)/b9-4+. The Hall–Kier alpha value is -2.63. The van der Waals surface area contributed by atoms with Crippen LogP contribution >= 0.6 is 23.2 Å². The fourth-order valence-electron chi connectivity index (χ4n) is 2.41. The van der Waals surface area contributed by atoms with Gasteiger partial charge in [0, 0.05) is 16.1 Å². The molecule has 0 spiro atoms. The second-order valence-corrected chi connectivity index (χ2v) is 6.50. The van der Waals surface area contributed by atoms with Crippen LogP contribution in [0.2, 0.25) is 10.0 Å². The van der Waals surface area contributed by atoms with E-state index in [1.54, 1.807) is 35.3 Å². The van der Waals surface area contributed by atoms with Gasteiger partial charge in [0.1, 0.15) is 12.7 Å². The maximum atomic E-state index is 12.2. The summed E-state index contributed by atoms with van der Waals surface area (Å²) in [5.41, 5.74) is 2.58. The quantitative estimate of drug-likeness (QED) is 0.658. The van der Waals surface area contributed by atoms with Crippen LogP contribution in [0.5, 0.6) is 0 Å². The molecule has 7 heteroatoms. The minimum absolute atomic E-state index is 0.147. The highest BCUT2D eigenvalue weighted by molar-refractivity contribution is 6.34. The van der Waals surface area contributed by atoms with Crippen molar-refractivity contribution in [3.63, 3.8) is 0 Å². The fourth-order valence-corrected chi connectivity index (χ4v) is 2.77. The van der Waals surface area contributed by atoms with Crippen LogP contribution in [0.3, 0.4) is 0 Å². The van der Waals surface area contributed by atoms with Crippen LogP contribution in [0, 0.1) is 0 Å². The first-order chi connectivity index (χ1) is 12.5. The van der Waals surface area contributed by atoms with E-state index in [4.69, 9.17) is 23.2 Å². The van der Waals surface area contributed by atoms with Crippen LogP contribution in [0.4, 0.5) is 0 Å². The average molecular weight is 387 g/mol. The molecule has 0 aliphatic carbocycles. The molecular weight excluding hydrogens is 371 g/mol. The summed E-state index contributed by atoms with van der Waals surface area (Å²) in [6, 6.07) is 12.7. The third-order valence-corrected chi connectivity index (χ3v) is 4.39. The molecule has 3 aromatic rings. The zero-order chi connectivity index (χ0) is 18.5. The Kier molecular flexibility index (Phi) is 5.71. The smallest absolute Gasteiger partial charge is 0.244 e. The number of carbonyl (C=O) groups excluding carboxylic acids is 1. The van der Waals surface area contributed by atoms with Gasteiger partial charge in [-0.3, -0.25) is 4.79 Å². The second-order valence-electron chi connectivity index (χ2n) is 5.66. The molecule has 0 aliphatic heterocycles. The Morgan fingerprint density at radius 3 is 2.65 bits per heavy atom. The van der Waals surface area contributed by atoms with Crippen molar-refractivity contribution < 1.29 is 4.79 Å². The molecule has 1 heterocycles.